The van der Waals surface area contributed by atoms with Crippen molar-refractivity contribution < 1.29 is 4.74 Å². The van der Waals surface area contributed by atoms with Crippen molar-refractivity contribution in [2.75, 3.05) is 31.3 Å². The second-order valence-corrected chi connectivity index (χ2v) is 2.80. The van der Waals surface area contributed by atoms with Crippen LogP contribution in [0.5, 0.6) is 0 Å². The predicted octanol–water partition coefficient (Wildman–Crippen LogP) is 1.20. The molecule has 1 aromatic carbocycles. The van der Waals surface area contributed by atoms with Crippen molar-refractivity contribution in [2.24, 2.45) is 0 Å². The first-order chi connectivity index (χ1) is 6.79. The number of ether oxygens (including phenoxy) is 1. The van der Waals surface area contributed by atoms with Gasteiger partial charge in [-0.2, -0.15) is 5.26 Å². The van der Waals surface area contributed by atoms with Gasteiger partial charge >= 0.3 is 0 Å². The van der Waals surface area contributed by atoms with Gasteiger partial charge in [-0.25, -0.2) is 0 Å². The maximum absolute atomic E-state index is 8.73. The summed E-state index contributed by atoms with van der Waals surface area (Å²) in [6.45, 7) is 1.28. The van der Waals surface area contributed by atoms with Gasteiger partial charge in [0.1, 0.15) is 6.07 Å². The summed E-state index contributed by atoms with van der Waals surface area (Å²) in [4.78, 5) is 0. The SMILES string of the molecule is COCCNc1cccc(C#N)c1N. The molecule has 0 heterocycles. The van der Waals surface area contributed by atoms with Crippen LogP contribution in [-0.2, 0) is 4.74 Å². The van der Waals surface area contributed by atoms with Gasteiger partial charge in [-0.05, 0) is 12.1 Å². The molecule has 0 aliphatic carbocycles. The number of nitrogens with two attached hydrogens (primary N) is 1. The quantitative estimate of drug-likeness (QED) is 0.554. The molecular formula is C10H13N3O. The average molecular weight is 191 g/mol. The van der Waals surface area contributed by atoms with E-state index >= 15 is 0 Å². The number of nitrogens with one attached hydrogen (secondary N) is 1. The van der Waals surface area contributed by atoms with Crippen LogP contribution in [-0.4, -0.2) is 20.3 Å². The van der Waals surface area contributed by atoms with Crippen LogP contribution in [0.2, 0.25) is 0 Å². The molecule has 0 amide bonds. The number of nitrogen functional groups attached to an aromatic ring is 1. The standard InChI is InChI=1S/C10H13N3O/c1-14-6-5-13-9-4-2-3-8(7-11)10(9)12/h2-4,13H,5-6,12H2,1H3. The maximum atomic E-state index is 8.73. The highest BCUT2D eigenvalue weighted by atomic mass is 16.5. The molecular weight excluding hydrogens is 178 g/mol. The van der Waals surface area contributed by atoms with Crippen molar-refractivity contribution in [3.8, 4) is 6.07 Å². The molecule has 0 saturated carbocycles. The largest absolute Gasteiger partial charge is 0.396 e. The Hall–Kier alpha value is -1.73. The van der Waals surface area contributed by atoms with Crippen molar-refractivity contribution in [3.63, 3.8) is 0 Å². The molecule has 0 unspecified atom stereocenters. The van der Waals surface area contributed by atoms with Crippen molar-refractivity contribution in [1.82, 2.24) is 0 Å². The molecule has 0 radical (unpaired) electrons. The second kappa shape index (κ2) is 5.10. The van der Waals surface area contributed by atoms with E-state index in [4.69, 9.17) is 15.7 Å². The zero-order valence-electron chi connectivity index (χ0n) is 8.08. The van der Waals surface area contributed by atoms with Crippen molar-refractivity contribution in [1.29, 1.82) is 5.26 Å². The highest BCUT2D eigenvalue weighted by Gasteiger charge is 2.02. The Morgan fingerprint density at radius 1 is 1.57 bits per heavy atom. The summed E-state index contributed by atoms with van der Waals surface area (Å²) in [5.41, 5.74) is 7.51. The Labute approximate surface area is 83.3 Å². The maximum Gasteiger partial charge on any atom is 0.101 e. The third-order valence-corrected chi connectivity index (χ3v) is 1.85. The molecule has 4 nitrogen and oxygen atoms in total. The summed E-state index contributed by atoms with van der Waals surface area (Å²) in [5, 5.41) is 11.8. The summed E-state index contributed by atoms with van der Waals surface area (Å²) in [5.74, 6) is 0. The van der Waals surface area contributed by atoms with E-state index < -0.39 is 0 Å². The number of methoxy groups -OCH3 is 1. The van der Waals surface area contributed by atoms with Gasteiger partial charge in [0.25, 0.3) is 0 Å². The van der Waals surface area contributed by atoms with Crippen LogP contribution in [0.3, 0.4) is 0 Å². The third-order valence-electron chi connectivity index (χ3n) is 1.85. The summed E-state index contributed by atoms with van der Waals surface area (Å²) >= 11 is 0. The van der Waals surface area contributed by atoms with E-state index in [-0.39, 0.29) is 0 Å². The molecule has 14 heavy (non-hydrogen) atoms. The summed E-state index contributed by atoms with van der Waals surface area (Å²) in [6.07, 6.45) is 0. The minimum absolute atomic E-state index is 0.492. The Balaban J connectivity index is 2.73. The monoisotopic (exact) mass is 191 g/mol. The lowest BCUT2D eigenvalue weighted by atomic mass is 10.1. The first-order valence-corrected chi connectivity index (χ1v) is 4.31. The molecule has 0 saturated heterocycles. The molecule has 0 aliphatic heterocycles. The van der Waals surface area contributed by atoms with E-state index in [2.05, 4.69) is 5.32 Å². The van der Waals surface area contributed by atoms with Crippen LogP contribution in [0.1, 0.15) is 5.56 Å². The lowest BCUT2D eigenvalue weighted by molar-refractivity contribution is 0.211. The van der Waals surface area contributed by atoms with Gasteiger partial charge in [-0.3, -0.25) is 0 Å². The number of nitriles is 1. The summed E-state index contributed by atoms with van der Waals surface area (Å²) in [7, 11) is 1.64. The third kappa shape index (κ3) is 2.38. The fraction of sp³-hybridized carbons (Fsp3) is 0.300. The van der Waals surface area contributed by atoms with E-state index in [9.17, 15) is 0 Å². The Kier molecular flexibility index (Phi) is 3.77. The highest BCUT2D eigenvalue weighted by Crippen LogP contribution is 2.21. The lowest BCUT2D eigenvalue weighted by Gasteiger charge is -2.09. The van der Waals surface area contributed by atoms with E-state index in [1.54, 1.807) is 19.2 Å². The molecule has 1 aromatic rings. The van der Waals surface area contributed by atoms with Gasteiger partial charge in [-0.1, -0.05) is 6.07 Å². The van der Waals surface area contributed by atoms with Crippen molar-refractivity contribution in [3.05, 3.63) is 23.8 Å². The lowest BCUT2D eigenvalue weighted by Crippen LogP contribution is -2.09. The van der Waals surface area contributed by atoms with Crippen LogP contribution in [0.15, 0.2) is 18.2 Å². The summed E-state index contributed by atoms with van der Waals surface area (Å²) < 4.78 is 4.89. The average Bonchev–Trinajstić information content (AvgIpc) is 2.21. The van der Waals surface area contributed by atoms with Gasteiger partial charge in [-0.15, -0.1) is 0 Å². The van der Waals surface area contributed by atoms with Gasteiger partial charge in [0.2, 0.25) is 0 Å². The zero-order chi connectivity index (χ0) is 10.4. The number of rotatable bonds is 4. The Bertz CT molecular complexity index is 344. The molecule has 4 heteroatoms. The normalized spacial score (nSPS) is 9.43. The highest BCUT2D eigenvalue weighted by molar-refractivity contribution is 5.72. The Morgan fingerprint density at radius 2 is 2.36 bits per heavy atom. The van der Waals surface area contributed by atoms with Crippen LogP contribution < -0.4 is 11.1 Å². The zero-order valence-corrected chi connectivity index (χ0v) is 8.08. The van der Waals surface area contributed by atoms with E-state index in [1.807, 2.05) is 12.1 Å². The van der Waals surface area contributed by atoms with Gasteiger partial charge in [0, 0.05) is 13.7 Å². The van der Waals surface area contributed by atoms with Crippen LogP contribution >= 0.6 is 0 Å². The van der Waals surface area contributed by atoms with Crippen molar-refractivity contribution >= 4 is 11.4 Å². The minimum atomic E-state index is 0.492. The van der Waals surface area contributed by atoms with Gasteiger partial charge < -0.3 is 15.8 Å². The topological polar surface area (TPSA) is 71.1 Å². The molecule has 3 N–H and O–H groups in total. The molecule has 1 rings (SSSR count). The van der Waals surface area contributed by atoms with Gasteiger partial charge in [0.05, 0.1) is 23.5 Å². The number of benzene rings is 1. The van der Waals surface area contributed by atoms with Crippen LogP contribution in [0.4, 0.5) is 11.4 Å². The summed E-state index contributed by atoms with van der Waals surface area (Å²) in [6, 6.07) is 7.36. The minimum Gasteiger partial charge on any atom is -0.396 e. The molecule has 0 atom stereocenters. The fourth-order valence-electron chi connectivity index (χ4n) is 1.10. The molecule has 0 aliphatic rings. The fourth-order valence-corrected chi connectivity index (χ4v) is 1.10. The number of hydrogen-bond acceptors (Lipinski definition) is 4. The Morgan fingerprint density at radius 3 is 3.00 bits per heavy atom. The van der Waals surface area contributed by atoms with Crippen LogP contribution in [0.25, 0.3) is 0 Å². The number of hydrogen-bond donors (Lipinski definition) is 2. The first-order valence-electron chi connectivity index (χ1n) is 4.31. The molecule has 74 valence electrons. The molecule has 0 aromatic heterocycles. The van der Waals surface area contributed by atoms with E-state index in [1.165, 1.54) is 0 Å². The number of anilines is 2. The van der Waals surface area contributed by atoms with E-state index in [0.29, 0.717) is 24.4 Å². The first kappa shape index (κ1) is 10.4. The number of nitrogens with zero attached hydrogens (tertiary/aromatic N) is 1. The predicted molar refractivity (Wildman–Crippen MR) is 55.9 cm³/mol. The number of para-hydroxylation sites is 1. The second-order valence-electron chi connectivity index (χ2n) is 2.80. The molecule has 0 bridgehead atoms. The molecule has 0 spiro atoms. The smallest absolute Gasteiger partial charge is 0.101 e. The van der Waals surface area contributed by atoms with Crippen LogP contribution in [0, 0.1) is 11.3 Å². The molecule has 0 fully saturated rings. The van der Waals surface area contributed by atoms with Crippen molar-refractivity contribution in [2.45, 2.75) is 0 Å². The van der Waals surface area contributed by atoms with E-state index in [0.717, 1.165) is 5.69 Å². The van der Waals surface area contributed by atoms with Gasteiger partial charge in [0.15, 0.2) is 0 Å².